The zero-order chi connectivity index (χ0) is 16.8. The fourth-order valence-corrected chi connectivity index (χ4v) is 2.23. The molecular formula is C16H13BrNO5-. The number of para-hydroxylation sites is 2. The smallest absolute Gasteiger partial charge is 0.262 e. The van der Waals surface area contributed by atoms with Crippen LogP contribution in [0.2, 0.25) is 0 Å². The molecule has 0 fully saturated rings. The number of halogens is 1. The molecule has 120 valence electrons. The molecule has 2 aromatic rings. The van der Waals surface area contributed by atoms with Crippen molar-refractivity contribution in [3.63, 3.8) is 0 Å². The first-order chi connectivity index (χ1) is 11.0. The number of benzene rings is 2. The van der Waals surface area contributed by atoms with E-state index in [9.17, 15) is 14.7 Å². The van der Waals surface area contributed by atoms with Crippen LogP contribution in [0.5, 0.6) is 11.5 Å². The fraction of sp³-hybridized carbons (Fsp3) is 0.125. The first-order valence-electron chi connectivity index (χ1n) is 6.58. The van der Waals surface area contributed by atoms with Gasteiger partial charge in [0.05, 0.1) is 18.8 Å². The first kappa shape index (κ1) is 16.8. The summed E-state index contributed by atoms with van der Waals surface area (Å²) in [5.74, 6) is -1.25. The average molecular weight is 379 g/mol. The number of carbonyl (C=O) groups excluding carboxylic acids is 2. The number of carboxylic acid groups (broad SMARTS) is 1. The predicted molar refractivity (Wildman–Crippen MR) is 85.6 cm³/mol. The molecule has 0 aliphatic rings. The standard InChI is InChI=1S/C16H14BrNO5/c1-22-14-5-3-2-4-12(14)18-15(19)9-23-13-7-6-10(17)8-11(13)16(20)21/h2-8H,9H2,1H3,(H,18,19)(H,20,21)/p-1. The molecule has 0 atom stereocenters. The molecule has 0 aliphatic carbocycles. The molecule has 7 heteroatoms. The molecule has 1 N–H and O–H groups in total. The Balaban J connectivity index is 2.04. The third-order valence-corrected chi connectivity index (χ3v) is 3.39. The Morgan fingerprint density at radius 3 is 2.61 bits per heavy atom. The Labute approximate surface area is 141 Å². The second-order valence-corrected chi connectivity index (χ2v) is 5.38. The van der Waals surface area contributed by atoms with Gasteiger partial charge in [-0.15, -0.1) is 0 Å². The number of hydrogen-bond acceptors (Lipinski definition) is 5. The van der Waals surface area contributed by atoms with Crippen LogP contribution in [0.25, 0.3) is 0 Å². The number of rotatable bonds is 6. The summed E-state index contributed by atoms with van der Waals surface area (Å²) >= 11 is 3.16. The van der Waals surface area contributed by atoms with Crippen molar-refractivity contribution < 1.29 is 24.2 Å². The van der Waals surface area contributed by atoms with Crippen molar-refractivity contribution in [1.82, 2.24) is 0 Å². The van der Waals surface area contributed by atoms with Crippen LogP contribution in [0.1, 0.15) is 10.4 Å². The molecule has 2 aromatic carbocycles. The lowest BCUT2D eigenvalue weighted by Crippen LogP contribution is -2.25. The van der Waals surface area contributed by atoms with Crippen LogP contribution in [0.3, 0.4) is 0 Å². The Bertz CT molecular complexity index is 732. The maximum atomic E-state index is 11.9. The molecule has 2 rings (SSSR count). The summed E-state index contributed by atoms with van der Waals surface area (Å²) in [5, 5.41) is 13.7. The largest absolute Gasteiger partial charge is 0.545 e. The number of anilines is 1. The highest BCUT2D eigenvalue weighted by Crippen LogP contribution is 2.24. The summed E-state index contributed by atoms with van der Waals surface area (Å²) in [6, 6.07) is 11.3. The highest BCUT2D eigenvalue weighted by Gasteiger charge is 2.10. The van der Waals surface area contributed by atoms with Gasteiger partial charge >= 0.3 is 0 Å². The summed E-state index contributed by atoms with van der Waals surface area (Å²) in [4.78, 5) is 23.0. The van der Waals surface area contributed by atoms with E-state index in [2.05, 4.69) is 21.2 Å². The summed E-state index contributed by atoms with van der Waals surface area (Å²) in [7, 11) is 1.50. The number of nitrogens with one attached hydrogen (secondary N) is 1. The van der Waals surface area contributed by atoms with Crippen molar-refractivity contribution in [3.8, 4) is 11.5 Å². The Morgan fingerprint density at radius 1 is 1.17 bits per heavy atom. The van der Waals surface area contributed by atoms with E-state index in [0.29, 0.717) is 15.9 Å². The predicted octanol–water partition coefficient (Wildman–Crippen LogP) is 1.84. The Morgan fingerprint density at radius 2 is 1.91 bits per heavy atom. The molecule has 0 aromatic heterocycles. The van der Waals surface area contributed by atoms with Gasteiger partial charge < -0.3 is 24.7 Å². The van der Waals surface area contributed by atoms with E-state index in [1.165, 1.54) is 19.2 Å². The lowest BCUT2D eigenvalue weighted by molar-refractivity contribution is -0.255. The van der Waals surface area contributed by atoms with Crippen LogP contribution < -0.4 is 19.9 Å². The van der Waals surface area contributed by atoms with E-state index < -0.39 is 11.9 Å². The van der Waals surface area contributed by atoms with Gasteiger partial charge in [-0.2, -0.15) is 0 Å². The molecule has 23 heavy (non-hydrogen) atoms. The van der Waals surface area contributed by atoms with Gasteiger partial charge in [0.1, 0.15) is 11.5 Å². The van der Waals surface area contributed by atoms with Crippen molar-refractivity contribution in [2.75, 3.05) is 19.0 Å². The maximum absolute atomic E-state index is 11.9. The third kappa shape index (κ3) is 4.46. The van der Waals surface area contributed by atoms with Gasteiger partial charge in [0, 0.05) is 10.0 Å². The van der Waals surface area contributed by atoms with Crippen molar-refractivity contribution in [2.24, 2.45) is 0 Å². The van der Waals surface area contributed by atoms with Gasteiger partial charge in [-0.05, 0) is 30.3 Å². The van der Waals surface area contributed by atoms with E-state index >= 15 is 0 Å². The lowest BCUT2D eigenvalue weighted by atomic mass is 10.2. The minimum absolute atomic E-state index is 0.0587. The molecule has 0 bridgehead atoms. The van der Waals surface area contributed by atoms with E-state index in [4.69, 9.17) is 9.47 Å². The second-order valence-electron chi connectivity index (χ2n) is 4.47. The summed E-state index contributed by atoms with van der Waals surface area (Å²) < 4.78 is 11.0. The molecular weight excluding hydrogens is 366 g/mol. The summed E-state index contributed by atoms with van der Waals surface area (Å²) in [5.41, 5.74) is 0.365. The zero-order valence-electron chi connectivity index (χ0n) is 12.2. The monoisotopic (exact) mass is 378 g/mol. The number of hydrogen-bond donors (Lipinski definition) is 1. The van der Waals surface area contributed by atoms with Crippen LogP contribution in [0.4, 0.5) is 5.69 Å². The van der Waals surface area contributed by atoms with Gasteiger partial charge in [0.15, 0.2) is 6.61 Å². The van der Waals surface area contributed by atoms with Crippen LogP contribution in [0.15, 0.2) is 46.9 Å². The van der Waals surface area contributed by atoms with E-state index in [1.807, 2.05) is 0 Å². The molecule has 0 spiro atoms. The quantitative estimate of drug-likeness (QED) is 0.828. The molecule has 0 aliphatic heterocycles. The number of ether oxygens (including phenoxy) is 2. The summed E-state index contributed by atoms with van der Waals surface area (Å²) in [6.07, 6.45) is 0. The first-order valence-corrected chi connectivity index (χ1v) is 7.37. The van der Waals surface area contributed by atoms with Crippen LogP contribution in [0, 0.1) is 0 Å². The third-order valence-electron chi connectivity index (χ3n) is 2.90. The molecule has 0 heterocycles. The van der Waals surface area contributed by atoms with Crippen molar-refractivity contribution in [1.29, 1.82) is 0 Å². The van der Waals surface area contributed by atoms with Crippen LogP contribution in [-0.4, -0.2) is 25.6 Å². The average Bonchev–Trinajstić information content (AvgIpc) is 2.54. The Kier molecular flexibility index (Phi) is 5.59. The van der Waals surface area contributed by atoms with Crippen molar-refractivity contribution in [3.05, 3.63) is 52.5 Å². The number of carbonyl (C=O) groups is 2. The highest BCUT2D eigenvalue weighted by molar-refractivity contribution is 9.10. The second kappa shape index (κ2) is 7.64. The minimum atomic E-state index is -1.38. The normalized spacial score (nSPS) is 10.0. The number of aromatic carboxylic acids is 1. The van der Waals surface area contributed by atoms with Gasteiger partial charge in [-0.1, -0.05) is 28.1 Å². The molecule has 0 saturated heterocycles. The number of methoxy groups -OCH3 is 1. The van der Waals surface area contributed by atoms with Gasteiger partial charge in [0.2, 0.25) is 0 Å². The van der Waals surface area contributed by atoms with E-state index in [0.717, 1.165) is 0 Å². The summed E-state index contributed by atoms with van der Waals surface area (Å²) in [6.45, 7) is -0.347. The minimum Gasteiger partial charge on any atom is -0.545 e. The van der Waals surface area contributed by atoms with E-state index in [-0.39, 0.29) is 17.9 Å². The SMILES string of the molecule is COc1ccccc1NC(=O)COc1ccc(Br)cc1C(=O)[O-]. The maximum Gasteiger partial charge on any atom is 0.262 e. The van der Waals surface area contributed by atoms with Gasteiger partial charge in [-0.25, -0.2) is 0 Å². The fourth-order valence-electron chi connectivity index (χ4n) is 1.87. The molecule has 0 saturated carbocycles. The number of amides is 1. The van der Waals surface area contributed by atoms with Crippen LogP contribution in [-0.2, 0) is 4.79 Å². The van der Waals surface area contributed by atoms with Crippen LogP contribution >= 0.6 is 15.9 Å². The van der Waals surface area contributed by atoms with Gasteiger partial charge in [0.25, 0.3) is 5.91 Å². The molecule has 0 unspecified atom stereocenters. The van der Waals surface area contributed by atoms with Gasteiger partial charge in [-0.3, -0.25) is 4.79 Å². The number of carboxylic acids is 1. The van der Waals surface area contributed by atoms with Crippen molar-refractivity contribution in [2.45, 2.75) is 0 Å². The topological polar surface area (TPSA) is 87.7 Å². The van der Waals surface area contributed by atoms with E-state index in [1.54, 1.807) is 30.3 Å². The van der Waals surface area contributed by atoms with Crippen molar-refractivity contribution >= 4 is 33.5 Å². The lowest BCUT2D eigenvalue weighted by Gasteiger charge is -2.13. The molecule has 1 amide bonds. The Hall–Kier alpha value is -2.54. The zero-order valence-corrected chi connectivity index (χ0v) is 13.8. The molecule has 0 radical (unpaired) electrons. The highest BCUT2D eigenvalue weighted by atomic mass is 79.9. The molecule has 6 nitrogen and oxygen atoms in total.